The van der Waals surface area contributed by atoms with Crippen molar-refractivity contribution in [1.82, 2.24) is 15.6 Å². The van der Waals surface area contributed by atoms with Crippen molar-refractivity contribution < 1.29 is 0 Å². The third-order valence-corrected chi connectivity index (χ3v) is 4.35. The van der Waals surface area contributed by atoms with Gasteiger partial charge in [0.2, 0.25) is 0 Å². The lowest BCUT2D eigenvalue weighted by atomic mass is 9.89. The number of nitrogens with zero attached hydrogens (tertiary/aromatic N) is 1. The van der Waals surface area contributed by atoms with E-state index in [-0.39, 0.29) is 0 Å². The molecule has 90 valence electrons. The fourth-order valence-electron chi connectivity index (χ4n) is 2.02. The van der Waals surface area contributed by atoms with E-state index in [4.69, 9.17) is 0 Å². The lowest BCUT2D eigenvalue weighted by Crippen LogP contribution is -2.47. The lowest BCUT2D eigenvalue weighted by Gasteiger charge is -2.33. The van der Waals surface area contributed by atoms with Crippen molar-refractivity contribution in [3.63, 3.8) is 0 Å². The average Bonchev–Trinajstić information content (AvgIpc) is 2.69. The van der Waals surface area contributed by atoms with Gasteiger partial charge in [-0.05, 0) is 37.9 Å². The monoisotopic (exact) mass is 239 g/mol. The summed E-state index contributed by atoms with van der Waals surface area (Å²) < 4.78 is 0. The van der Waals surface area contributed by atoms with Crippen molar-refractivity contribution in [2.75, 3.05) is 19.6 Å². The van der Waals surface area contributed by atoms with Gasteiger partial charge in [0.15, 0.2) is 0 Å². The van der Waals surface area contributed by atoms with Crippen molar-refractivity contribution >= 4 is 11.3 Å². The third-order valence-electron chi connectivity index (χ3n) is 3.46. The lowest BCUT2D eigenvalue weighted by molar-refractivity contribution is 0.236. The predicted octanol–water partition coefficient (Wildman–Crippen LogP) is 2.04. The van der Waals surface area contributed by atoms with Crippen LogP contribution in [0, 0.1) is 11.8 Å². The minimum absolute atomic E-state index is 0.440. The Morgan fingerprint density at radius 3 is 2.94 bits per heavy atom. The zero-order valence-corrected chi connectivity index (χ0v) is 10.9. The predicted molar refractivity (Wildman–Crippen MR) is 68.7 cm³/mol. The Hall–Kier alpha value is -0.450. The number of nitrogens with one attached hydrogen (secondary N) is 2. The van der Waals surface area contributed by atoms with E-state index in [1.807, 2.05) is 6.20 Å². The fraction of sp³-hybridized carbons (Fsp3) is 0.750. The standard InChI is InChI=1S/C12H21N3S/c1-3-11(12-14-4-5-16-12)15-6-9(2)10-7-13-8-10/h4-5,9-11,13,15H,3,6-8H2,1-2H3. The number of hydrogen-bond acceptors (Lipinski definition) is 4. The van der Waals surface area contributed by atoms with Crippen molar-refractivity contribution in [3.8, 4) is 0 Å². The van der Waals surface area contributed by atoms with Gasteiger partial charge in [-0.1, -0.05) is 13.8 Å². The van der Waals surface area contributed by atoms with Crippen molar-refractivity contribution in [1.29, 1.82) is 0 Å². The molecule has 2 unspecified atom stereocenters. The number of thiazole rings is 1. The molecule has 1 aliphatic heterocycles. The zero-order chi connectivity index (χ0) is 11.4. The Labute approximate surface area is 102 Å². The van der Waals surface area contributed by atoms with Crippen LogP contribution in [0.5, 0.6) is 0 Å². The molecule has 1 aliphatic rings. The van der Waals surface area contributed by atoms with E-state index in [1.54, 1.807) is 11.3 Å². The summed E-state index contributed by atoms with van der Waals surface area (Å²) in [5.41, 5.74) is 0. The first kappa shape index (κ1) is 12.0. The van der Waals surface area contributed by atoms with Gasteiger partial charge >= 0.3 is 0 Å². The topological polar surface area (TPSA) is 37.0 Å². The molecule has 0 radical (unpaired) electrons. The van der Waals surface area contributed by atoms with Gasteiger partial charge in [0.25, 0.3) is 0 Å². The molecular formula is C12H21N3S. The maximum Gasteiger partial charge on any atom is 0.109 e. The molecule has 0 aliphatic carbocycles. The van der Waals surface area contributed by atoms with Gasteiger partial charge in [-0.3, -0.25) is 0 Å². The maximum absolute atomic E-state index is 4.39. The molecule has 0 bridgehead atoms. The van der Waals surface area contributed by atoms with Gasteiger partial charge in [-0.2, -0.15) is 0 Å². The molecule has 2 N–H and O–H groups in total. The van der Waals surface area contributed by atoms with E-state index >= 15 is 0 Å². The second kappa shape index (κ2) is 5.75. The summed E-state index contributed by atoms with van der Waals surface area (Å²) in [6.45, 7) is 8.04. The quantitative estimate of drug-likeness (QED) is 0.797. The molecule has 1 aromatic rings. The summed E-state index contributed by atoms with van der Waals surface area (Å²) in [6, 6.07) is 0.440. The highest BCUT2D eigenvalue weighted by atomic mass is 32.1. The SMILES string of the molecule is CCC(NCC(C)C1CNC1)c1nccs1. The Morgan fingerprint density at radius 1 is 1.62 bits per heavy atom. The summed E-state index contributed by atoms with van der Waals surface area (Å²) >= 11 is 1.75. The molecule has 0 saturated carbocycles. The van der Waals surface area contributed by atoms with Crippen LogP contribution >= 0.6 is 11.3 Å². The van der Waals surface area contributed by atoms with E-state index in [2.05, 4.69) is 34.8 Å². The van der Waals surface area contributed by atoms with E-state index in [0.717, 1.165) is 24.8 Å². The number of aromatic nitrogens is 1. The van der Waals surface area contributed by atoms with E-state index in [9.17, 15) is 0 Å². The molecule has 16 heavy (non-hydrogen) atoms. The number of rotatable bonds is 6. The van der Waals surface area contributed by atoms with E-state index in [0.29, 0.717) is 6.04 Å². The highest BCUT2D eigenvalue weighted by molar-refractivity contribution is 7.09. The highest BCUT2D eigenvalue weighted by Crippen LogP contribution is 2.21. The summed E-state index contributed by atoms with van der Waals surface area (Å²) in [4.78, 5) is 4.39. The largest absolute Gasteiger partial charge is 0.316 e. The molecule has 2 rings (SSSR count). The van der Waals surface area contributed by atoms with Crippen LogP contribution in [-0.2, 0) is 0 Å². The minimum atomic E-state index is 0.440. The fourth-order valence-corrected chi connectivity index (χ4v) is 2.82. The Bertz CT molecular complexity index is 295. The first-order valence-electron chi connectivity index (χ1n) is 6.14. The first-order chi connectivity index (χ1) is 7.81. The van der Waals surface area contributed by atoms with Crippen LogP contribution in [0.3, 0.4) is 0 Å². The molecule has 1 fully saturated rings. The van der Waals surface area contributed by atoms with Crippen LogP contribution < -0.4 is 10.6 Å². The van der Waals surface area contributed by atoms with Gasteiger partial charge in [0, 0.05) is 11.6 Å². The molecule has 0 amide bonds. The second-order valence-corrected chi connectivity index (χ2v) is 5.56. The molecule has 2 heterocycles. The smallest absolute Gasteiger partial charge is 0.109 e. The third kappa shape index (κ3) is 2.81. The Balaban J connectivity index is 1.78. The first-order valence-corrected chi connectivity index (χ1v) is 7.02. The van der Waals surface area contributed by atoms with Crippen LogP contribution in [0.1, 0.15) is 31.3 Å². The zero-order valence-electron chi connectivity index (χ0n) is 10.1. The minimum Gasteiger partial charge on any atom is -0.316 e. The Kier molecular flexibility index (Phi) is 4.32. The molecule has 3 nitrogen and oxygen atoms in total. The van der Waals surface area contributed by atoms with Crippen molar-refractivity contribution in [3.05, 3.63) is 16.6 Å². The molecule has 4 heteroatoms. The molecule has 2 atom stereocenters. The molecule has 0 spiro atoms. The summed E-state index contributed by atoms with van der Waals surface area (Å²) in [7, 11) is 0. The van der Waals surface area contributed by atoms with Crippen LogP contribution in [0.25, 0.3) is 0 Å². The highest BCUT2D eigenvalue weighted by Gasteiger charge is 2.24. The van der Waals surface area contributed by atoms with Gasteiger partial charge in [0.1, 0.15) is 5.01 Å². The molecule has 1 saturated heterocycles. The second-order valence-electron chi connectivity index (χ2n) is 4.64. The van der Waals surface area contributed by atoms with E-state index < -0.39 is 0 Å². The van der Waals surface area contributed by atoms with Gasteiger partial charge in [-0.25, -0.2) is 4.98 Å². The number of hydrogen-bond donors (Lipinski definition) is 2. The van der Waals surface area contributed by atoms with E-state index in [1.165, 1.54) is 18.1 Å². The summed E-state index contributed by atoms with van der Waals surface area (Å²) in [5, 5.41) is 10.3. The van der Waals surface area contributed by atoms with Crippen LogP contribution in [0.4, 0.5) is 0 Å². The molecular weight excluding hydrogens is 218 g/mol. The van der Waals surface area contributed by atoms with Crippen molar-refractivity contribution in [2.45, 2.75) is 26.3 Å². The van der Waals surface area contributed by atoms with Crippen LogP contribution in [0.15, 0.2) is 11.6 Å². The van der Waals surface area contributed by atoms with Gasteiger partial charge in [-0.15, -0.1) is 11.3 Å². The molecule has 0 aromatic carbocycles. The average molecular weight is 239 g/mol. The summed E-state index contributed by atoms with van der Waals surface area (Å²) in [5.74, 6) is 1.62. The maximum atomic E-state index is 4.39. The normalized spacial score (nSPS) is 20.4. The van der Waals surface area contributed by atoms with Gasteiger partial charge < -0.3 is 10.6 Å². The Morgan fingerprint density at radius 2 is 2.44 bits per heavy atom. The summed E-state index contributed by atoms with van der Waals surface area (Å²) in [6.07, 6.45) is 3.01. The molecule has 1 aromatic heterocycles. The van der Waals surface area contributed by atoms with Crippen molar-refractivity contribution in [2.24, 2.45) is 11.8 Å². The van der Waals surface area contributed by atoms with Crippen LogP contribution in [-0.4, -0.2) is 24.6 Å². The van der Waals surface area contributed by atoms with Crippen LogP contribution in [0.2, 0.25) is 0 Å². The van der Waals surface area contributed by atoms with Gasteiger partial charge in [0.05, 0.1) is 6.04 Å².